The second-order valence-corrected chi connectivity index (χ2v) is 6.09. The fraction of sp³-hybridized carbons (Fsp3) is 0.118. The van der Waals surface area contributed by atoms with Crippen LogP contribution >= 0.6 is 11.6 Å². The van der Waals surface area contributed by atoms with Crippen molar-refractivity contribution in [3.05, 3.63) is 81.2 Å². The maximum atomic E-state index is 13.4. The highest BCUT2D eigenvalue weighted by Crippen LogP contribution is 2.23. The Hall–Kier alpha value is -2.93. The number of aromatic nitrogens is 3. The first-order valence-corrected chi connectivity index (χ1v) is 7.91. The first kappa shape index (κ1) is 15.6. The number of rotatable bonds is 3. The number of fused-ring (bicyclic) bond motifs is 1. The first-order chi connectivity index (χ1) is 12.0. The van der Waals surface area contributed by atoms with Crippen molar-refractivity contribution in [1.82, 2.24) is 14.3 Å². The third-order valence-electron chi connectivity index (χ3n) is 4.01. The van der Waals surface area contributed by atoms with E-state index in [4.69, 9.17) is 11.6 Å². The molecule has 0 N–H and O–H groups in total. The molecule has 2 heterocycles. The molecule has 1 aliphatic rings. The molecule has 0 saturated carbocycles. The smallest absolute Gasteiger partial charge is 0.285 e. The second-order valence-electron chi connectivity index (χ2n) is 5.66. The molecule has 6 nitrogen and oxygen atoms in total. The highest BCUT2D eigenvalue weighted by atomic mass is 35.5. The Bertz CT molecular complexity index is 1030. The Morgan fingerprint density at radius 3 is 2.60 bits per heavy atom. The minimum absolute atomic E-state index is 0.116. The van der Waals surface area contributed by atoms with Gasteiger partial charge in [-0.1, -0.05) is 29.8 Å². The zero-order chi connectivity index (χ0) is 17.6. The molecular weight excluding hydrogens is 347 g/mol. The van der Waals surface area contributed by atoms with Gasteiger partial charge in [-0.05, 0) is 35.9 Å². The lowest BCUT2D eigenvalue weighted by Gasteiger charge is -2.15. The van der Waals surface area contributed by atoms with E-state index in [-0.39, 0.29) is 13.1 Å². The molecule has 8 heteroatoms. The molecule has 4 rings (SSSR count). The third kappa shape index (κ3) is 2.72. The van der Waals surface area contributed by atoms with Crippen LogP contribution in [0.15, 0.2) is 53.3 Å². The zero-order valence-corrected chi connectivity index (χ0v) is 13.7. The number of benzene rings is 2. The monoisotopic (exact) mass is 358 g/mol. The number of carbonyl (C=O) groups is 1. The number of amides is 1. The summed E-state index contributed by atoms with van der Waals surface area (Å²) in [5.41, 5.74) is 0.726. The summed E-state index contributed by atoms with van der Waals surface area (Å²) in [6.07, 6.45) is 0. The van der Waals surface area contributed by atoms with Gasteiger partial charge >= 0.3 is 11.7 Å². The van der Waals surface area contributed by atoms with Crippen LogP contribution in [0.25, 0.3) is 0 Å². The molecule has 3 aromatic rings. The summed E-state index contributed by atoms with van der Waals surface area (Å²) in [7, 11) is 0. The molecule has 0 radical (unpaired) electrons. The average Bonchev–Trinajstić information content (AvgIpc) is 3.06. The number of hydrogen-bond acceptors (Lipinski definition) is 3. The van der Waals surface area contributed by atoms with Gasteiger partial charge in [-0.3, -0.25) is 4.90 Å². The van der Waals surface area contributed by atoms with Crippen molar-refractivity contribution >= 4 is 23.3 Å². The zero-order valence-electron chi connectivity index (χ0n) is 12.9. The summed E-state index contributed by atoms with van der Waals surface area (Å²) in [6.45, 7) is 0.302. The maximum Gasteiger partial charge on any atom is 0.364 e. The summed E-state index contributed by atoms with van der Waals surface area (Å²) in [5.74, 6) is -0.110. The fourth-order valence-corrected chi connectivity index (χ4v) is 2.95. The van der Waals surface area contributed by atoms with Gasteiger partial charge in [0.05, 0.1) is 13.1 Å². The first-order valence-electron chi connectivity index (χ1n) is 7.53. The Balaban J connectivity index is 1.69. The van der Waals surface area contributed by atoms with Crippen LogP contribution in [0.3, 0.4) is 0 Å². The molecular formula is C17H12ClFN4O2. The summed E-state index contributed by atoms with van der Waals surface area (Å²) >= 11 is 5.86. The van der Waals surface area contributed by atoms with Crippen LogP contribution in [0, 0.1) is 5.82 Å². The Morgan fingerprint density at radius 2 is 1.88 bits per heavy atom. The van der Waals surface area contributed by atoms with E-state index in [9.17, 15) is 14.0 Å². The molecule has 2 aromatic carbocycles. The molecule has 0 bridgehead atoms. The van der Waals surface area contributed by atoms with Crippen molar-refractivity contribution < 1.29 is 9.18 Å². The van der Waals surface area contributed by atoms with Gasteiger partial charge in [-0.25, -0.2) is 18.7 Å². The topological polar surface area (TPSA) is 60.1 Å². The van der Waals surface area contributed by atoms with Gasteiger partial charge in [0.2, 0.25) is 0 Å². The minimum Gasteiger partial charge on any atom is -0.285 e. The lowest BCUT2D eigenvalue weighted by molar-refractivity contribution is 0.244. The van der Waals surface area contributed by atoms with Crippen molar-refractivity contribution in [1.29, 1.82) is 0 Å². The molecule has 1 aromatic heterocycles. The molecule has 126 valence electrons. The summed E-state index contributed by atoms with van der Waals surface area (Å²) in [6, 6.07) is 12.3. The largest absolute Gasteiger partial charge is 0.364 e. The summed E-state index contributed by atoms with van der Waals surface area (Å²) in [5, 5.41) is 0.586. The molecule has 0 spiro atoms. The predicted molar refractivity (Wildman–Crippen MR) is 90.4 cm³/mol. The van der Waals surface area contributed by atoms with Gasteiger partial charge in [-0.2, -0.15) is 9.67 Å². The number of anilines is 1. The second kappa shape index (κ2) is 5.86. The molecule has 0 saturated heterocycles. The number of hydrogen-bond donors (Lipinski definition) is 0. The van der Waals surface area contributed by atoms with Gasteiger partial charge in [0.25, 0.3) is 0 Å². The highest BCUT2D eigenvalue weighted by Gasteiger charge is 2.33. The van der Waals surface area contributed by atoms with Crippen LogP contribution < -0.4 is 10.6 Å². The maximum absolute atomic E-state index is 13.4. The SMILES string of the molecule is O=C1N(c2cccc(F)c2)Cc2nc(=O)n(Cc3ccc(Cl)cc3)n21. The van der Waals surface area contributed by atoms with Crippen molar-refractivity contribution in [2.24, 2.45) is 0 Å². The van der Waals surface area contributed by atoms with Crippen LogP contribution in [0.4, 0.5) is 14.9 Å². The van der Waals surface area contributed by atoms with Gasteiger partial charge < -0.3 is 0 Å². The van der Waals surface area contributed by atoms with E-state index in [1.807, 2.05) is 0 Å². The van der Waals surface area contributed by atoms with Crippen LogP contribution in [-0.2, 0) is 13.1 Å². The van der Waals surface area contributed by atoms with Gasteiger partial charge in [0.15, 0.2) is 5.82 Å². The predicted octanol–water partition coefficient (Wildman–Crippen LogP) is 2.87. The fourth-order valence-electron chi connectivity index (χ4n) is 2.83. The third-order valence-corrected chi connectivity index (χ3v) is 4.26. The normalized spacial score (nSPS) is 13.4. The van der Waals surface area contributed by atoms with Crippen molar-refractivity contribution in [3.63, 3.8) is 0 Å². The Morgan fingerprint density at radius 1 is 1.12 bits per heavy atom. The number of halogens is 2. The van der Waals surface area contributed by atoms with Crippen molar-refractivity contribution in [2.45, 2.75) is 13.1 Å². The lowest BCUT2D eigenvalue weighted by atomic mass is 10.2. The van der Waals surface area contributed by atoms with Gasteiger partial charge in [0.1, 0.15) is 5.82 Å². The average molecular weight is 359 g/mol. The molecule has 25 heavy (non-hydrogen) atoms. The van der Waals surface area contributed by atoms with Crippen molar-refractivity contribution in [3.8, 4) is 0 Å². The van der Waals surface area contributed by atoms with Crippen LogP contribution in [-0.4, -0.2) is 20.4 Å². The van der Waals surface area contributed by atoms with E-state index in [1.54, 1.807) is 30.3 Å². The van der Waals surface area contributed by atoms with E-state index in [1.165, 1.54) is 32.5 Å². The molecule has 0 atom stereocenters. The van der Waals surface area contributed by atoms with E-state index in [0.717, 1.165) is 5.56 Å². The van der Waals surface area contributed by atoms with E-state index >= 15 is 0 Å². The highest BCUT2D eigenvalue weighted by molar-refractivity contribution is 6.30. The summed E-state index contributed by atoms with van der Waals surface area (Å²) < 4.78 is 15.9. The summed E-state index contributed by atoms with van der Waals surface area (Å²) in [4.78, 5) is 30.2. The van der Waals surface area contributed by atoms with E-state index < -0.39 is 17.5 Å². The van der Waals surface area contributed by atoms with E-state index in [0.29, 0.717) is 16.5 Å². The van der Waals surface area contributed by atoms with Crippen LogP contribution in [0.1, 0.15) is 11.4 Å². The Kier molecular flexibility index (Phi) is 3.65. The molecule has 0 unspecified atom stereocenters. The lowest BCUT2D eigenvalue weighted by Crippen LogP contribution is -2.34. The molecule has 0 fully saturated rings. The standard InChI is InChI=1S/C17H12ClFN4O2/c18-12-6-4-11(5-7-12)9-22-16(24)20-15-10-21(17(25)23(15)22)14-3-1-2-13(19)8-14/h1-8H,9-10H2. The van der Waals surface area contributed by atoms with Crippen LogP contribution in [0.5, 0.6) is 0 Å². The van der Waals surface area contributed by atoms with E-state index in [2.05, 4.69) is 4.98 Å². The van der Waals surface area contributed by atoms with Crippen LogP contribution in [0.2, 0.25) is 5.02 Å². The molecule has 0 aliphatic carbocycles. The molecule has 1 amide bonds. The minimum atomic E-state index is -0.503. The Labute approximate surface area is 146 Å². The van der Waals surface area contributed by atoms with Gasteiger partial charge in [0, 0.05) is 10.7 Å². The van der Waals surface area contributed by atoms with Crippen molar-refractivity contribution in [2.75, 3.05) is 4.90 Å². The number of nitrogens with zero attached hydrogens (tertiary/aromatic N) is 4. The quantitative estimate of drug-likeness (QED) is 0.723. The van der Waals surface area contributed by atoms with Gasteiger partial charge in [-0.15, -0.1) is 0 Å². The number of carbonyl (C=O) groups excluding carboxylic acids is 1. The molecule has 1 aliphatic heterocycles.